The maximum absolute atomic E-state index is 13.0. The summed E-state index contributed by atoms with van der Waals surface area (Å²) in [5.74, 6) is 1.46. The van der Waals surface area contributed by atoms with E-state index < -0.39 is 5.60 Å². The van der Waals surface area contributed by atoms with Crippen LogP contribution in [-0.2, 0) is 4.74 Å². The Morgan fingerprint density at radius 1 is 1.28 bits per heavy atom. The molecule has 1 aliphatic heterocycles. The smallest absolute Gasteiger partial charge is 0.410 e. The fourth-order valence-electron chi connectivity index (χ4n) is 3.98. The topological polar surface area (TPSA) is 84.6 Å². The van der Waals surface area contributed by atoms with Gasteiger partial charge in [-0.2, -0.15) is 5.10 Å². The third-order valence-corrected chi connectivity index (χ3v) is 5.96. The molecule has 1 aromatic heterocycles. The van der Waals surface area contributed by atoms with Crippen LogP contribution in [0.5, 0.6) is 0 Å². The van der Waals surface area contributed by atoms with Gasteiger partial charge in [-0.05, 0) is 70.9 Å². The van der Waals surface area contributed by atoms with Gasteiger partial charge >= 0.3 is 6.09 Å². The summed E-state index contributed by atoms with van der Waals surface area (Å²) in [7, 11) is 0. The second kappa shape index (κ2) is 9.28. The van der Waals surface area contributed by atoms with Crippen LogP contribution in [0.3, 0.4) is 0 Å². The minimum Gasteiger partial charge on any atom is -0.444 e. The summed E-state index contributed by atoms with van der Waals surface area (Å²) in [6.07, 6.45) is 6.35. The minimum atomic E-state index is -0.483. The first-order valence-electron chi connectivity index (χ1n) is 11.1. The fraction of sp³-hybridized carbons (Fsp3) is 0.773. The highest BCUT2D eigenvalue weighted by atomic mass is 16.6. The van der Waals surface area contributed by atoms with Crippen molar-refractivity contribution in [3.05, 3.63) is 17.8 Å². The van der Waals surface area contributed by atoms with E-state index in [1.807, 2.05) is 44.7 Å². The van der Waals surface area contributed by atoms with Crippen LogP contribution in [0.25, 0.3) is 0 Å². The third-order valence-electron chi connectivity index (χ3n) is 5.96. The van der Waals surface area contributed by atoms with Crippen molar-refractivity contribution in [2.75, 3.05) is 24.5 Å². The SMILES string of the molecule is CCC(N)c1ccc(N2CCC[C@@H](N(CC3CCC3)C(=O)OC(C)(C)C)C2)nn1. The zero-order chi connectivity index (χ0) is 21.0. The number of rotatable bonds is 6. The first kappa shape index (κ1) is 21.8. The fourth-order valence-corrected chi connectivity index (χ4v) is 3.98. The lowest BCUT2D eigenvalue weighted by Gasteiger charge is -2.42. The van der Waals surface area contributed by atoms with Gasteiger partial charge in [-0.15, -0.1) is 5.10 Å². The molecule has 2 fully saturated rings. The van der Waals surface area contributed by atoms with Crippen molar-refractivity contribution in [3.63, 3.8) is 0 Å². The number of aromatic nitrogens is 2. The Morgan fingerprint density at radius 2 is 2.03 bits per heavy atom. The Kier molecular flexibility index (Phi) is 6.98. The van der Waals surface area contributed by atoms with Gasteiger partial charge in [0, 0.05) is 25.7 Å². The summed E-state index contributed by atoms with van der Waals surface area (Å²) in [6.45, 7) is 10.3. The zero-order valence-corrected chi connectivity index (χ0v) is 18.4. The highest BCUT2D eigenvalue weighted by Gasteiger charge is 2.34. The summed E-state index contributed by atoms with van der Waals surface area (Å²) in [6, 6.07) is 4.04. The van der Waals surface area contributed by atoms with Crippen LogP contribution in [0, 0.1) is 5.92 Å². The Morgan fingerprint density at radius 3 is 2.59 bits per heavy atom. The zero-order valence-electron chi connectivity index (χ0n) is 18.4. The van der Waals surface area contributed by atoms with E-state index in [0.717, 1.165) is 50.4 Å². The molecule has 3 rings (SSSR count). The third kappa shape index (κ3) is 5.81. The summed E-state index contributed by atoms with van der Waals surface area (Å²) >= 11 is 0. The monoisotopic (exact) mass is 403 g/mol. The standard InChI is InChI=1S/C22H37N5O2/c1-5-18(23)19-11-12-20(25-24-19)26-13-7-10-17(15-26)27(14-16-8-6-9-16)21(28)29-22(2,3)4/h11-12,16-18H,5-10,13-15,23H2,1-4H3/t17-,18?/m1/s1. The van der Waals surface area contributed by atoms with Crippen LogP contribution in [0.2, 0.25) is 0 Å². The summed E-state index contributed by atoms with van der Waals surface area (Å²) in [5.41, 5.74) is 6.40. The molecular formula is C22H37N5O2. The molecular weight excluding hydrogens is 366 g/mol. The molecule has 2 heterocycles. The molecule has 2 atom stereocenters. The van der Waals surface area contributed by atoms with Gasteiger partial charge in [0.1, 0.15) is 5.60 Å². The number of amides is 1. The minimum absolute atomic E-state index is 0.0733. The Hall–Kier alpha value is -1.89. The van der Waals surface area contributed by atoms with Crippen LogP contribution in [0.1, 0.15) is 78.0 Å². The second-order valence-electron chi connectivity index (χ2n) is 9.50. The van der Waals surface area contributed by atoms with Crippen LogP contribution in [-0.4, -0.2) is 52.5 Å². The van der Waals surface area contributed by atoms with Crippen LogP contribution in [0.4, 0.5) is 10.6 Å². The lowest BCUT2D eigenvalue weighted by Crippen LogP contribution is -2.53. The predicted molar refractivity (Wildman–Crippen MR) is 115 cm³/mol. The molecule has 1 amide bonds. The number of nitrogens with two attached hydrogens (primary N) is 1. The lowest BCUT2D eigenvalue weighted by atomic mass is 9.84. The number of carbonyl (C=O) groups is 1. The van der Waals surface area contributed by atoms with Crippen LogP contribution < -0.4 is 10.6 Å². The van der Waals surface area contributed by atoms with Crippen molar-refractivity contribution in [3.8, 4) is 0 Å². The van der Waals surface area contributed by atoms with Gasteiger partial charge in [0.15, 0.2) is 5.82 Å². The molecule has 162 valence electrons. The van der Waals surface area contributed by atoms with Crippen molar-refractivity contribution in [1.82, 2.24) is 15.1 Å². The largest absolute Gasteiger partial charge is 0.444 e. The van der Waals surface area contributed by atoms with Crippen molar-refractivity contribution < 1.29 is 9.53 Å². The van der Waals surface area contributed by atoms with Crippen molar-refractivity contribution in [1.29, 1.82) is 0 Å². The van der Waals surface area contributed by atoms with Crippen molar-refractivity contribution >= 4 is 11.9 Å². The van der Waals surface area contributed by atoms with E-state index in [4.69, 9.17) is 10.5 Å². The molecule has 29 heavy (non-hydrogen) atoms. The molecule has 1 unspecified atom stereocenters. The number of nitrogens with zero attached hydrogens (tertiary/aromatic N) is 4. The van der Waals surface area contributed by atoms with E-state index in [1.54, 1.807) is 0 Å². The Labute approximate surface area is 175 Å². The average molecular weight is 404 g/mol. The maximum Gasteiger partial charge on any atom is 0.410 e. The summed E-state index contributed by atoms with van der Waals surface area (Å²) in [5, 5.41) is 8.75. The molecule has 0 spiro atoms. The van der Waals surface area contributed by atoms with Gasteiger partial charge in [0.2, 0.25) is 0 Å². The first-order chi connectivity index (χ1) is 13.8. The number of ether oxygens (including phenoxy) is 1. The second-order valence-corrected chi connectivity index (χ2v) is 9.50. The molecule has 2 aliphatic rings. The van der Waals surface area contributed by atoms with Crippen molar-refractivity contribution in [2.45, 2.75) is 83.9 Å². The number of hydrogen-bond acceptors (Lipinski definition) is 6. The molecule has 7 nitrogen and oxygen atoms in total. The van der Waals surface area contributed by atoms with E-state index >= 15 is 0 Å². The van der Waals surface area contributed by atoms with E-state index in [0.29, 0.717) is 5.92 Å². The van der Waals surface area contributed by atoms with Gasteiger partial charge in [-0.25, -0.2) is 4.79 Å². The Bertz CT molecular complexity index is 669. The lowest BCUT2D eigenvalue weighted by molar-refractivity contribution is 0.00733. The number of carbonyl (C=O) groups excluding carboxylic acids is 1. The van der Waals surface area contributed by atoms with E-state index in [2.05, 4.69) is 15.1 Å². The molecule has 1 saturated heterocycles. The molecule has 1 saturated carbocycles. The predicted octanol–water partition coefficient (Wildman–Crippen LogP) is 3.89. The number of hydrogen-bond donors (Lipinski definition) is 1. The maximum atomic E-state index is 13.0. The molecule has 0 aromatic carbocycles. The van der Waals surface area contributed by atoms with Gasteiger partial charge < -0.3 is 20.3 Å². The normalized spacial score (nSPS) is 21.4. The van der Waals surface area contributed by atoms with Crippen LogP contribution >= 0.6 is 0 Å². The van der Waals surface area contributed by atoms with Gasteiger partial charge in [0.05, 0.1) is 11.7 Å². The highest BCUT2D eigenvalue weighted by Crippen LogP contribution is 2.30. The average Bonchev–Trinajstić information content (AvgIpc) is 2.65. The summed E-state index contributed by atoms with van der Waals surface area (Å²) < 4.78 is 5.74. The summed E-state index contributed by atoms with van der Waals surface area (Å²) in [4.78, 5) is 17.2. The molecule has 7 heteroatoms. The molecule has 2 N–H and O–H groups in total. The molecule has 0 bridgehead atoms. The number of anilines is 1. The van der Waals surface area contributed by atoms with E-state index in [1.165, 1.54) is 19.3 Å². The molecule has 1 aliphatic carbocycles. The first-order valence-corrected chi connectivity index (χ1v) is 11.1. The highest BCUT2D eigenvalue weighted by molar-refractivity contribution is 5.68. The van der Waals surface area contributed by atoms with E-state index in [9.17, 15) is 4.79 Å². The van der Waals surface area contributed by atoms with Crippen molar-refractivity contribution in [2.24, 2.45) is 11.7 Å². The molecule has 0 radical (unpaired) electrons. The van der Waals surface area contributed by atoms with Gasteiger partial charge in [-0.3, -0.25) is 0 Å². The molecule has 1 aromatic rings. The Balaban J connectivity index is 1.70. The van der Waals surface area contributed by atoms with Gasteiger partial charge in [0.25, 0.3) is 0 Å². The number of piperidine rings is 1. The quantitative estimate of drug-likeness (QED) is 0.776. The van der Waals surface area contributed by atoms with Gasteiger partial charge in [-0.1, -0.05) is 13.3 Å². The van der Waals surface area contributed by atoms with Crippen LogP contribution in [0.15, 0.2) is 12.1 Å². The van der Waals surface area contributed by atoms with E-state index in [-0.39, 0.29) is 18.2 Å².